The highest BCUT2D eigenvalue weighted by Gasteiger charge is 2.49. The summed E-state index contributed by atoms with van der Waals surface area (Å²) in [7, 11) is 1.43. The van der Waals surface area contributed by atoms with Gasteiger partial charge in [0.1, 0.15) is 5.75 Å². The monoisotopic (exact) mass is 484 g/mol. The molecule has 0 spiro atoms. The maximum Gasteiger partial charge on any atom is 0.336 e. The molecule has 3 N–H and O–H groups in total. The molecule has 10 nitrogen and oxygen atoms in total. The molecular weight excluding hydrogens is 456 g/mol. The van der Waals surface area contributed by atoms with Crippen LogP contribution in [0.5, 0.6) is 17.2 Å². The molecule has 186 valence electrons. The molecule has 0 radical (unpaired) electrons. The molecule has 2 aromatic rings. The zero-order valence-corrected chi connectivity index (χ0v) is 19.5. The Hall–Kier alpha value is -3.79. The fraction of sp³-hybridized carbons (Fsp3) is 0.400. The predicted molar refractivity (Wildman–Crippen MR) is 124 cm³/mol. The van der Waals surface area contributed by atoms with Gasteiger partial charge in [-0.15, -0.1) is 0 Å². The maximum atomic E-state index is 12.7. The lowest BCUT2D eigenvalue weighted by atomic mass is 9.81. The Kier molecular flexibility index (Phi) is 7.11. The maximum absolute atomic E-state index is 12.7. The van der Waals surface area contributed by atoms with Crippen molar-refractivity contribution in [2.45, 2.75) is 25.3 Å². The number of nitrogens with one attached hydrogen (secondary N) is 1. The van der Waals surface area contributed by atoms with Gasteiger partial charge < -0.3 is 29.7 Å². The zero-order chi connectivity index (χ0) is 25.1. The number of fused-ring (bicyclic) bond motifs is 1. The molecule has 1 amide bonds. The number of carbonyl (C=O) groups is 3. The number of rotatable bonds is 9. The second kappa shape index (κ2) is 10.2. The van der Waals surface area contributed by atoms with Gasteiger partial charge in [-0.05, 0) is 41.8 Å². The van der Waals surface area contributed by atoms with Crippen molar-refractivity contribution < 1.29 is 38.8 Å². The van der Waals surface area contributed by atoms with Crippen molar-refractivity contribution in [2.24, 2.45) is 5.92 Å². The number of benzene rings is 2. The van der Waals surface area contributed by atoms with Crippen molar-refractivity contribution in [1.29, 1.82) is 0 Å². The molecule has 2 aliphatic rings. The summed E-state index contributed by atoms with van der Waals surface area (Å²) in [6.07, 6.45) is 0.758. The summed E-state index contributed by atoms with van der Waals surface area (Å²) in [5.41, 5.74) is 0.969. The molecule has 3 unspecified atom stereocenters. The summed E-state index contributed by atoms with van der Waals surface area (Å²) >= 11 is 0. The number of likely N-dealkylation sites (tertiary alicyclic amines) is 1. The number of ether oxygens (including phenoxy) is 3. The van der Waals surface area contributed by atoms with Crippen LogP contribution in [0.3, 0.4) is 0 Å². The molecule has 10 heteroatoms. The highest BCUT2D eigenvalue weighted by Crippen LogP contribution is 2.48. The van der Waals surface area contributed by atoms with Gasteiger partial charge >= 0.3 is 11.9 Å². The quantitative estimate of drug-likeness (QED) is 0.491. The Morgan fingerprint density at radius 2 is 1.89 bits per heavy atom. The largest absolute Gasteiger partial charge is 0.497 e. The molecule has 0 saturated carbocycles. The van der Waals surface area contributed by atoms with Crippen LogP contribution in [0.15, 0.2) is 36.4 Å². The molecule has 2 heterocycles. The van der Waals surface area contributed by atoms with Crippen LogP contribution in [-0.2, 0) is 9.59 Å². The first kappa shape index (κ1) is 24.3. The number of hydrogen-bond acceptors (Lipinski definition) is 7. The summed E-state index contributed by atoms with van der Waals surface area (Å²) in [6, 6.07) is 8.97. The highest BCUT2D eigenvalue weighted by molar-refractivity contribution is 5.91. The fourth-order valence-electron chi connectivity index (χ4n) is 4.85. The van der Waals surface area contributed by atoms with Crippen molar-refractivity contribution in [2.75, 3.05) is 33.5 Å². The Labute approximate surface area is 202 Å². The van der Waals surface area contributed by atoms with E-state index in [2.05, 4.69) is 5.32 Å². The van der Waals surface area contributed by atoms with E-state index in [4.69, 9.17) is 14.2 Å². The van der Waals surface area contributed by atoms with Crippen molar-refractivity contribution in [3.05, 3.63) is 53.1 Å². The Morgan fingerprint density at radius 1 is 1.11 bits per heavy atom. The molecule has 3 atom stereocenters. The smallest absolute Gasteiger partial charge is 0.336 e. The van der Waals surface area contributed by atoms with Crippen LogP contribution < -0.4 is 19.5 Å². The number of aromatic carboxylic acids is 1. The molecule has 1 saturated heterocycles. The van der Waals surface area contributed by atoms with Crippen LogP contribution in [0.2, 0.25) is 0 Å². The Balaban J connectivity index is 1.79. The molecule has 4 rings (SSSR count). The highest BCUT2D eigenvalue weighted by atomic mass is 16.7. The molecule has 0 bridgehead atoms. The molecule has 1 fully saturated rings. The van der Waals surface area contributed by atoms with Gasteiger partial charge in [-0.2, -0.15) is 0 Å². The Morgan fingerprint density at radius 3 is 2.57 bits per heavy atom. The third kappa shape index (κ3) is 4.88. The number of nitrogens with zero attached hydrogens (tertiary/aromatic N) is 1. The summed E-state index contributed by atoms with van der Waals surface area (Å²) in [4.78, 5) is 39.2. The molecule has 0 aliphatic carbocycles. The molecule has 2 aliphatic heterocycles. The van der Waals surface area contributed by atoms with E-state index in [1.807, 2.05) is 6.92 Å². The number of carbonyl (C=O) groups excluding carboxylic acids is 1. The normalized spacial score (nSPS) is 21.0. The van der Waals surface area contributed by atoms with Crippen LogP contribution in [0, 0.1) is 5.92 Å². The van der Waals surface area contributed by atoms with E-state index in [0.717, 1.165) is 6.42 Å². The fourth-order valence-corrected chi connectivity index (χ4v) is 4.85. The van der Waals surface area contributed by atoms with Gasteiger partial charge in [0.25, 0.3) is 0 Å². The van der Waals surface area contributed by atoms with E-state index in [-0.39, 0.29) is 31.4 Å². The van der Waals surface area contributed by atoms with E-state index in [1.165, 1.54) is 13.2 Å². The Bertz CT molecular complexity index is 1130. The van der Waals surface area contributed by atoms with E-state index in [1.54, 1.807) is 35.2 Å². The second-order valence-electron chi connectivity index (χ2n) is 8.57. The predicted octanol–water partition coefficient (Wildman–Crippen LogP) is 2.49. The SMILES string of the molecule is CCCNC(=O)CN1CC(c2ccc3c(c2)OCO3)C(C(=O)O)C1c1ccc(OC)cc1C(=O)O. The number of carboxylic acid groups (broad SMARTS) is 2. The molecule has 0 aromatic heterocycles. The van der Waals surface area contributed by atoms with Gasteiger partial charge in [-0.3, -0.25) is 14.5 Å². The summed E-state index contributed by atoms with van der Waals surface area (Å²) in [6.45, 7) is 2.69. The minimum Gasteiger partial charge on any atom is -0.497 e. The lowest BCUT2D eigenvalue weighted by molar-refractivity contribution is -0.143. The van der Waals surface area contributed by atoms with Gasteiger partial charge in [0.05, 0.1) is 31.2 Å². The number of methoxy groups -OCH3 is 1. The zero-order valence-electron chi connectivity index (χ0n) is 19.5. The van der Waals surface area contributed by atoms with Crippen molar-refractivity contribution in [3.63, 3.8) is 0 Å². The number of carboxylic acids is 2. The van der Waals surface area contributed by atoms with Crippen molar-refractivity contribution in [1.82, 2.24) is 10.2 Å². The standard InChI is InChI=1S/C25H28N2O8/c1-3-8-26-21(28)12-27-11-18(14-4-7-19-20(9-14)35-13-34-19)22(25(31)32)23(27)16-6-5-15(33-2)10-17(16)24(29)30/h4-7,9-10,18,22-23H,3,8,11-13H2,1-2H3,(H,26,28)(H,29,30)(H,31,32). The molecule has 35 heavy (non-hydrogen) atoms. The first-order chi connectivity index (χ1) is 16.8. The topological polar surface area (TPSA) is 135 Å². The minimum absolute atomic E-state index is 0.0640. The van der Waals surface area contributed by atoms with Gasteiger partial charge in [0.2, 0.25) is 12.7 Å². The first-order valence-corrected chi connectivity index (χ1v) is 11.4. The van der Waals surface area contributed by atoms with Crippen LogP contribution in [0.4, 0.5) is 0 Å². The van der Waals surface area contributed by atoms with Crippen LogP contribution in [0.25, 0.3) is 0 Å². The van der Waals surface area contributed by atoms with E-state index in [9.17, 15) is 24.6 Å². The van der Waals surface area contributed by atoms with Crippen molar-refractivity contribution >= 4 is 17.8 Å². The number of hydrogen-bond donors (Lipinski definition) is 3. The first-order valence-electron chi connectivity index (χ1n) is 11.4. The van der Waals surface area contributed by atoms with Crippen LogP contribution >= 0.6 is 0 Å². The van der Waals surface area contributed by atoms with Gasteiger partial charge in [-0.25, -0.2) is 4.79 Å². The summed E-state index contributed by atoms with van der Waals surface area (Å²) in [5.74, 6) is -2.62. The average Bonchev–Trinajstić information content (AvgIpc) is 3.46. The minimum atomic E-state index is -1.20. The van der Waals surface area contributed by atoms with Gasteiger partial charge in [0, 0.05) is 19.0 Å². The van der Waals surface area contributed by atoms with Gasteiger partial charge in [0.15, 0.2) is 11.5 Å². The van der Waals surface area contributed by atoms with E-state index >= 15 is 0 Å². The third-order valence-corrected chi connectivity index (χ3v) is 6.44. The van der Waals surface area contributed by atoms with Gasteiger partial charge in [-0.1, -0.05) is 19.1 Å². The van der Waals surface area contributed by atoms with E-state index in [0.29, 0.717) is 34.9 Å². The van der Waals surface area contributed by atoms with Crippen LogP contribution in [-0.4, -0.2) is 66.5 Å². The average molecular weight is 485 g/mol. The lowest BCUT2D eigenvalue weighted by Crippen LogP contribution is -2.39. The summed E-state index contributed by atoms with van der Waals surface area (Å²) in [5, 5.41) is 23.1. The number of amides is 1. The molecular formula is C25H28N2O8. The lowest BCUT2D eigenvalue weighted by Gasteiger charge is -2.28. The van der Waals surface area contributed by atoms with Crippen molar-refractivity contribution in [3.8, 4) is 17.2 Å². The van der Waals surface area contributed by atoms with Crippen LogP contribution in [0.1, 0.15) is 46.8 Å². The number of aliphatic carboxylic acids is 1. The van der Waals surface area contributed by atoms with E-state index < -0.39 is 29.8 Å². The molecule has 2 aromatic carbocycles. The summed E-state index contributed by atoms with van der Waals surface area (Å²) < 4.78 is 16.0. The third-order valence-electron chi connectivity index (χ3n) is 6.44. The second-order valence-corrected chi connectivity index (χ2v) is 8.57.